The van der Waals surface area contributed by atoms with E-state index in [0.29, 0.717) is 16.4 Å². The van der Waals surface area contributed by atoms with E-state index in [1.165, 1.54) is 4.57 Å². The van der Waals surface area contributed by atoms with Gasteiger partial charge in [0.2, 0.25) is 0 Å². The van der Waals surface area contributed by atoms with E-state index in [2.05, 4.69) is 4.98 Å². The molecule has 2 aromatic heterocycles. The molecule has 0 radical (unpaired) electrons. The van der Waals surface area contributed by atoms with Gasteiger partial charge >= 0.3 is 6.09 Å². The van der Waals surface area contributed by atoms with Crippen molar-refractivity contribution < 1.29 is 9.53 Å². The van der Waals surface area contributed by atoms with Crippen molar-refractivity contribution in [2.45, 2.75) is 26.4 Å². The van der Waals surface area contributed by atoms with Crippen LogP contribution in [0.25, 0.3) is 11.4 Å². The molecule has 2 heterocycles. The predicted octanol–water partition coefficient (Wildman–Crippen LogP) is 3.99. The summed E-state index contributed by atoms with van der Waals surface area (Å²) >= 11 is 5.93. The Labute approximate surface area is 117 Å². The van der Waals surface area contributed by atoms with E-state index < -0.39 is 11.7 Å². The highest BCUT2D eigenvalue weighted by atomic mass is 35.5. The zero-order chi connectivity index (χ0) is 14.0. The van der Waals surface area contributed by atoms with Gasteiger partial charge in [-0.3, -0.25) is 9.55 Å². The van der Waals surface area contributed by atoms with Crippen molar-refractivity contribution in [3.8, 4) is 11.4 Å². The van der Waals surface area contributed by atoms with Gasteiger partial charge in [0.1, 0.15) is 5.60 Å². The van der Waals surface area contributed by atoms with Gasteiger partial charge in [-0.1, -0.05) is 11.6 Å². The van der Waals surface area contributed by atoms with Crippen LogP contribution in [0.5, 0.6) is 0 Å². The van der Waals surface area contributed by atoms with E-state index in [1.807, 2.05) is 20.8 Å². The third-order valence-electron chi connectivity index (χ3n) is 2.32. The molecule has 0 aliphatic heterocycles. The highest BCUT2D eigenvalue weighted by Crippen LogP contribution is 2.22. The molecule has 0 aliphatic rings. The lowest BCUT2D eigenvalue weighted by Crippen LogP contribution is -2.27. The second kappa shape index (κ2) is 5.05. The molecule has 2 aromatic rings. The summed E-state index contributed by atoms with van der Waals surface area (Å²) in [5, 5.41) is 0.571. The van der Waals surface area contributed by atoms with Crippen LogP contribution in [0.2, 0.25) is 5.02 Å². The van der Waals surface area contributed by atoms with Crippen LogP contribution in [0.15, 0.2) is 36.7 Å². The third kappa shape index (κ3) is 3.35. The minimum Gasteiger partial charge on any atom is -0.443 e. The molecule has 0 bridgehead atoms. The first-order chi connectivity index (χ1) is 8.87. The molecule has 5 heteroatoms. The maximum Gasteiger partial charge on any atom is 0.419 e. The summed E-state index contributed by atoms with van der Waals surface area (Å²) in [5.41, 5.74) is 0.737. The first kappa shape index (κ1) is 13.6. The molecule has 19 heavy (non-hydrogen) atoms. The summed E-state index contributed by atoms with van der Waals surface area (Å²) in [4.78, 5) is 16.3. The summed E-state index contributed by atoms with van der Waals surface area (Å²) in [7, 11) is 0. The fourth-order valence-electron chi connectivity index (χ4n) is 1.60. The third-order valence-corrected chi connectivity index (χ3v) is 2.56. The lowest BCUT2D eigenvalue weighted by Gasteiger charge is -2.20. The molecular formula is C14H15ClN2O2. The van der Waals surface area contributed by atoms with Crippen molar-refractivity contribution in [3.05, 3.63) is 41.7 Å². The van der Waals surface area contributed by atoms with Crippen LogP contribution in [0.3, 0.4) is 0 Å². The minimum atomic E-state index is -0.541. The molecule has 0 atom stereocenters. The van der Waals surface area contributed by atoms with Gasteiger partial charge in [-0.25, -0.2) is 4.79 Å². The Morgan fingerprint density at radius 2 is 2.11 bits per heavy atom. The Kier molecular flexibility index (Phi) is 3.62. The number of halogens is 1. The van der Waals surface area contributed by atoms with Crippen LogP contribution in [-0.4, -0.2) is 21.2 Å². The molecule has 0 N–H and O–H groups in total. The average Bonchev–Trinajstić information content (AvgIpc) is 2.75. The molecule has 0 aromatic carbocycles. The molecule has 0 saturated heterocycles. The van der Waals surface area contributed by atoms with E-state index in [9.17, 15) is 4.79 Å². The van der Waals surface area contributed by atoms with Gasteiger partial charge in [0, 0.05) is 17.4 Å². The molecule has 0 fully saturated rings. The van der Waals surface area contributed by atoms with E-state index in [1.54, 1.807) is 36.7 Å². The van der Waals surface area contributed by atoms with Crippen LogP contribution < -0.4 is 0 Å². The molecule has 4 nitrogen and oxygen atoms in total. The lowest BCUT2D eigenvalue weighted by molar-refractivity contribution is 0.0540. The number of aromatic nitrogens is 2. The number of hydrogen-bond donors (Lipinski definition) is 0. The van der Waals surface area contributed by atoms with Crippen molar-refractivity contribution in [1.82, 2.24) is 9.55 Å². The highest BCUT2D eigenvalue weighted by Gasteiger charge is 2.20. The first-order valence-corrected chi connectivity index (χ1v) is 6.27. The maximum absolute atomic E-state index is 12.1. The highest BCUT2D eigenvalue weighted by molar-refractivity contribution is 6.30. The van der Waals surface area contributed by atoms with Gasteiger partial charge in [0.25, 0.3) is 0 Å². The van der Waals surface area contributed by atoms with Crippen molar-refractivity contribution >= 4 is 17.7 Å². The van der Waals surface area contributed by atoms with E-state index in [-0.39, 0.29) is 0 Å². The van der Waals surface area contributed by atoms with E-state index >= 15 is 0 Å². The topological polar surface area (TPSA) is 44.1 Å². The zero-order valence-corrected chi connectivity index (χ0v) is 11.8. The standard InChI is InChI=1S/C14H15ClN2O2/c1-14(2,3)19-13(18)17-8-4-5-12(17)11-9-10(15)6-7-16-11/h4-9H,1-3H3. The Bertz CT molecular complexity index is 599. The molecule has 0 unspecified atom stereocenters. The Morgan fingerprint density at radius 1 is 1.37 bits per heavy atom. The van der Waals surface area contributed by atoms with E-state index in [4.69, 9.17) is 16.3 Å². The van der Waals surface area contributed by atoms with Crippen LogP contribution in [0.4, 0.5) is 4.79 Å². The number of ether oxygens (including phenoxy) is 1. The average molecular weight is 279 g/mol. The van der Waals surface area contributed by atoms with Crippen LogP contribution in [-0.2, 0) is 4.74 Å². The number of rotatable bonds is 1. The Hall–Kier alpha value is -1.81. The predicted molar refractivity (Wildman–Crippen MR) is 74.3 cm³/mol. The fourth-order valence-corrected chi connectivity index (χ4v) is 1.76. The van der Waals surface area contributed by atoms with Crippen molar-refractivity contribution in [1.29, 1.82) is 0 Å². The van der Waals surface area contributed by atoms with Gasteiger partial charge in [-0.15, -0.1) is 0 Å². The first-order valence-electron chi connectivity index (χ1n) is 5.89. The fraction of sp³-hybridized carbons (Fsp3) is 0.286. The lowest BCUT2D eigenvalue weighted by atomic mass is 10.2. The second-order valence-electron chi connectivity index (χ2n) is 5.10. The quantitative estimate of drug-likeness (QED) is 0.792. The molecular weight excluding hydrogens is 264 g/mol. The Morgan fingerprint density at radius 3 is 2.74 bits per heavy atom. The monoisotopic (exact) mass is 278 g/mol. The molecule has 0 amide bonds. The number of hydrogen-bond acceptors (Lipinski definition) is 3. The molecule has 100 valence electrons. The zero-order valence-electron chi connectivity index (χ0n) is 11.1. The maximum atomic E-state index is 12.1. The van der Waals surface area contributed by atoms with Crippen LogP contribution in [0, 0.1) is 0 Å². The van der Waals surface area contributed by atoms with Crippen molar-refractivity contribution in [3.63, 3.8) is 0 Å². The molecule has 0 aliphatic carbocycles. The normalized spacial score (nSPS) is 11.4. The summed E-state index contributed by atoms with van der Waals surface area (Å²) in [5.74, 6) is 0. The summed E-state index contributed by atoms with van der Waals surface area (Å²) in [6.45, 7) is 5.48. The largest absolute Gasteiger partial charge is 0.443 e. The Balaban J connectivity index is 2.35. The number of carbonyl (C=O) groups excluding carboxylic acids is 1. The number of nitrogens with zero attached hydrogens (tertiary/aromatic N) is 2. The van der Waals surface area contributed by atoms with Crippen LogP contribution >= 0.6 is 11.6 Å². The van der Waals surface area contributed by atoms with Crippen LogP contribution in [0.1, 0.15) is 20.8 Å². The number of carbonyl (C=O) groups is 1. The number of pyridine rings is 1. The van der Waals surface area contributed by atoms with Crippen molar-refractivity contribution in [2.75, 3.05) is 0 Å². The minimum absolute atomic E-state index is 0.436. The summed E-state index contributed by atoms with van der Waals surface area (Å²) in [6, 6.07) is 6.95. The summed E-state index contributed by atoms with van der Waals surface area (Å²) in [6.07, 6.45) is 2.81. The molecule has 0 saturated carbocycles. The van der Waals surface area contributed by atoms with Gasteiger partial charge in [0.15, 0.2) is 0 Å². The molecule has 2 rings (SSSR count). The summed E-state index contributed by atoms with van der Waals surface area (Å²) < 4.78 is 6.76. The second-order valence-corrected chi connectivity index (χ2v) is 5.54. The molecule has 0 spiro atoms. The van der Waals surface area contributed by atoms with E-state index in [0.717, 1.165) is 0 Å². The van der Waals surface area contributed by atoms with Gasteiger partial charge in [-0.2, -0.15) is 0 Å². The van der Waals surface area contributed by atoms with Gasteiger partial charge < -0.3 is 4.74 Å². The van der Waals surface area contributed by atoms with Gasteiger partial charge in [-0.05, 0) is 45.0 Å². The smallest absolute Gasteiger partial charge is 0.419 e. The van der Waals surface area contributed by atoms with Gasteiger partial charge in [0.05, 0.1) is 11.4 Å². The SMILES string of the molecule is CC(C)(C)OC(=O)n1cccc1-c1cc(Cl)ccn1. The van der Waals surface area contributed by atoms with Crippen molar-refractivity contribution in [2.24, 2.45) is 0 Å².